The minimum absolute atomic E-state index is 0.0163. The molecule has 0 aliphatic carbocycles. The van der Waals surface area contributed by atoms with Crippen LogP contribution in [0, 0.1) is 24.0 Å². The molecule has 0 bridgehead atoms. The van der Waals surface area contributed by atoms with Crippen molar-refractivity contribution in [3.63, 3.8) is 0 Å². The third-order valence-corrected chi connectivity index (χ3v) is 12.8. The Labute approximate surface area is 337 Å². The molecular weight excluding hydrogens is 846 g/mol. The number of ether oxygens (including phenoxy) is 1. The van der Waals surface area contributed by atoms with Gasteiger partial charge in [0.1, 0.15) is 60.0 Å². The predicted octanol–water partition coefficient (Wildman–Crippen LogP) is -1.30. The van der Waals surface area contributed by atoms with Crippen molar-refractivity contribution in [3.05, 3.63) is 66.9 Å². The second kappa shape index (κ2) is 17.0. The summed E-state index contributed by atoms with van der Waals surface area (Å²) in [6.07, 6.45) is -10.3. The summed E-state index contributed by atoms with van der Waals surface area (Å²) in [4.78, 5) is 76.5. The summed E-state index contributed by atoms with van der Waals surface area (Å²) in [5.74, 6) is -0.205. The van der Waals surface area contributed by atoms with Crippen LogP contribution in [0.5, 0.6) is 0 Å². The minimum atomic E-state index is -5.61. The van der Waals surface area contributed by atoms with Gasteiger partial charge in [0.2, 0.25) is 6.04 Å². The zero-order valence-corrected chi connectivity index (χ0v) is 33.7. The molecule has 0 radical (unpaired) electrons. The van der Waals surface area contributed by atoms with Crippen LogP contribution in [-0.4, -0.2) is 138 Å². The maximum atomic E-state index is 13.3. The number of hydrogen-bond donors (Lipinski definition) is 10. The van der Waals surface area contributed by atoms with Crippen molar-refractivity contribution in [2.24, 2.45) is 0 Å². The van der Waals surface area contributed by atoms with Crippen LogP contribution in [-0.2, 0) is 27.2 Å². The van der Waals surface area contributed by atoms with E-state index in [4.69, 9.17) is 15.0 Å². The first kappa shape index (κ1) is 44.8. The largest absolute Gasteiger partial charge is 0.481 e. The number of aliphatic hydroxyl groups is 5. The van der Waals surface area contributed by atoms with E-state index >= 15 is 0 Å². The number of H-pyrrole nitrogens is 2. The first-order valence-corrected chi connectivity index (χ1v) is 20.8. The first-order valence-electron chi connectivity index (χ1n) is 17.8. The number of β-amino-alcohol motifs (C(OH)–C–C–N with tert-alkyl or cyclic N) is 1. The number of nitrogen functional groups attached to an aromatic ring is 1. The highest BCUT2D eigenvalue weighted by molar-refractivity contribution is 7.61. The van der Waals surface area contributed by atoms with Crippen molar-refractivity contribution in [2.45, 2.75) is 82.6 Å². The van der Waals surface area contributed by atoms with Gasteiger partial charge in [0.25, 0.3) is 5.56 Å². The molecule has 3 aromatic heterocycles. The lowest BCUT2D eigenvalue weighted by atomic mass is 9.99. The average Bonchev–Trinajstić information content (AvgIpc) is 3.72. The maximum absolute atomic E-state index is 13.3. The number of anilines is 5. The maximum Gasteiger partial charge on any atom is 0.481 e. The molecule has 11 N–H and O–H groups in total. The topological polar surface area (TPSA) is 398 Å². The molecule has 4 unspecified atom stereocenters. The highest BCUT2D eigenvalue weighted by Crippen LogP contribution is 2.60. The van der Waals surface area contributed by atoms with Crippen LogP contribution < -0.4 is 26.8 Å². The first-order chi connectivity index (χ1) is 28.0. The molecule has 1 saturated heterocycles. The number of phosphoric ester groups is 2. The Morgan fingerprint density at radius 2 is 1.63 bits per heavy atom. The molecule has 2 aliphatic heterocycles. The zero-order chi connectivity index (χ0) is 44.2. The summed E-state index contributed by atoms with van der Waals surface area (Å²) in [6.45, 7) is 3.39. The average molecular weight is 889 g/mol. The summed E-state index contributed by atoms with van der Waals surface area (Å²) < 4.78 is 45.7. The van der Waals surface area contributed by atoms with E-state index < -0.39 is 107 Å². The highest BCUT2D eigenvalue weighted by atomic mass is 31.3. The third kappa shape index (κ3) is 8.85. The van der Waals surface area contributed by atoms with Crippen LogP contribution in [0.2, 0.25) is 0 Å². The lowest BCUT2D eigenvalue weighted by Gasteiger charge is -2.42. The van der Waals surface area contributed by atoms with Crippen LogP contribution >= 0.6 is 15.6 Å². The van der Waals surface area contributed by atoms with E-state index in [0.717, 1.165) is 6.33 Å². The Morgan fingerprint density at radius 3 is 2.30 bits per heavy atom. The second-order valence-electron chi connectivity index (χ2n) is 14.1. The molecule has 0 saturated carbocycles. The summed E-state index contributed by atoms with van der Waals surface area (Å²) in [7, 11) is -11.1. The molecule has 60 heavy (non-hydrogen) atoms. The van der Waals surface area contributed by atoms with Gasteiger partial charge >= 0.3 is 21.3 Å². The Morgan fingerprint density at radius 1 is 0.983 bits per heavy atom. The Balaban J connectivity index is 1.11. The molecule has 2 aliphatic rings. The number of aromatic nitrogens is 6. The van der Waals surface area contributed by atoms with Crippen LogP contribution in [0.4, 0.5) is 28.7 Å². The van der Waals surface area contributed by atoms with Crippen molar-refractivity contribution >= 4 is 55.5 Å². The molecule has 6 rings (SSSR count). The van der Waals surface area contributed by atoms with Crippen molar-refractivity contribution in [3.8, 4) is 0 Å². The molecule has 1 aromatic carbocycles. The normalized spacial score (nSPS) is 23.6. The summed E-state index contributed by atoms with van der Waals surface area (Å²) >= 11 is 0. The number of rotatable bonds is 16. The molecule has 11 atom stereocenters. The molecule has 1 fully saturated rings. The SMILES string of the molecule is Cc1cc2c(cc1C)N(C(C)C(C)[N+](=O)[O-])c1c([nH]c(=O)[nH]c1=O)N2C[C@H](O)[C@H](O)[C@H](O)COP(=O)(O)OP(=O)(O)OC[C@H]1O[C@@H](n2cnc3c(N)ncnc32)[C@H](O)[C@@H]1O. The van der Waals surface area contributed by atoms with Crippen LogP contribution in [0.1, 0.15) is 31.2 Å². The molecule has 328 valence electrons. The second-order valence-corrected chi connectivity index (χ2v) is 17.2. The number of nitrogens with one attached hydrogen (secondary N) is 2. The lowest BCUT2D eigenvalue weighted by Crippen LogP contribution is -2.50. The van der Waals surface area contributed by atoms with Crippen molar-refractivity contribution in [2.75, 3.05) is 35.3 Å². The van der Waals surface area contributed by atoms with E-state index in [2.05, 4.69) is 33.8 Å². The van der Waals surface area contributed by atoms with E-state index in [-0.39, 0.29) is 39.9 Å². The van der Waals surface area contributed by atoms with Crippen molar-refractivity contribution < 1.29 is 67.5 Å². The summed E-state index contributed by atoms with van der Waals surface area (Å²) in [5, 5.41) is 65.6. The number of hydrogen-bond acceptors (Lipinski definition) is 21. The zero-order valence-electron chi connectivity index (χ0n) is 31.9. The van der Waals surface area contributed by atoms with Gasteiger partial charge in [-0.3, -0.25) is 38.5 Å². The van der Waals surface area contributed by atoms with Gasteiger partial charge in [0.15, 0.2) is 17.7 Å². The van der Waals surface area contributed by atoms with E-state index in [1.165, 1.54) is 34.5 Å². The van der Waals surface area contributed by atoms with Gasteiger partial charge in [-0.1, -0.05) is 0 Å². The Bertz CT molecular complexity index is 2490. The molecule has 27 nitrogen and oxygen atoms in total. The van der Waals surface area contributed by atoms with Gasteiger partial charge in [-0.05, 0) is 44.0 Å². The third-order valence-electron chi connectivity index (χ3n) is 10.2. The van der Waals surface area contributed by atoms with E-state index in [1.54, 1.807) is 26.0 Å². The number of aryl methyl sites for hydroxylation is 2. The minimum Gasteiger partial charge on any atom is -0.388 e. The number of imidazole rings is 1. The van der Waals surface area contributed by atoms with Gasteiger partial charge in [-0.2, -0.15) is 4.31 Å². The van der Waals surface area contributed by atoms with Crippen LogP contribution in [0.3, 0.4) is 0 Å². The monoisotopic (exact) mass is 888 g/mol. The van der Waals surface area contributed by atoms with Gasteiger partial charge < -0.3 is 55.6 Å². The number of fused-ring (bicyclic) bond motifs is 3. The number of nitrogens with two attached hydrogens (primary N) is 1. The number of phosphoric acid groups is 2. The number of aliphatic hydroxyl groups excluding tert-OH is 5. The van der Waals surface area contributed by atoms with Gasteiger partial charge in [-0.25, -0.2) is 28.9 Å². The lowest BCUT2D eigenvalue weighted by molar-refractivity contribution is -0.520. The molecule has 5 heterocycles. The van der Waals surface area contributed by atoms with Crippen molar-refractivity contribution in [1.82, 2.24) is 29.5 Å². The van der Waals surface area contributed by atoms with E-state index in [1.807, 2.05) is 0 Å². The standard InChI is InChI=1S/C31H42N10O17P2/c1-12-5-16-17(6-13(12)2)40(14(3)15(4)41(49)50)22-28(36-31(48)37-29(22)47)38(16)7-18(42)23(44)19(43)8-55-59(51,52)58-60(53,54)56-9-20-24(45)25(46)30(57-20)39-11-35-21-26(32)33-10-34-27(21)39/h5-6,10-11,14-15,18-20,23-25,30,42-46H,7-9H2,1-4H3,(H,51,52)(H,53,54)(H2,32,33,34)(H2,36,37,47,48)/t14?,15?,18-,19+,20+,23-,24+,25+,30+/m0/s1. The van der Waals surface area contributed by atoms with Crippen LogP contribution in [0.25, 0.3) is 11.2 Å². The highest BCUT2D eigenvalue weighted by Gasteiger charge is 2.47. The van der Waals surface area contributed by atoms with Gasteiger partial charge in [-0.15, -0.1) is 0 Å². The summed E-state index contributed by atoms with van der Waals surface area (Å²) in [5.41, 5.74) is 5.81. The molecular formula is C31H42N10O17P2. The molecule has 4 aromatic rings. The van der Waals surface area contributed by atoms with Crippen LogP contribution in [0.15, 0.2) is 34.4 Å². The Kier molecular flexibility index (Phi) is 12.7. The number of aromatic amines is 2. The Hall–Kier alpha value is -4.73. The van der Waals surface area contributed by atoms with Gasteiger partial charge in [0, 0.05) is 11.8 Å². The number of nitrogens with zero attached hydrogens (tertiary/aromatic N) is 7. The fraction of sp³-hybridized carbons (Fsp3) is 0.516. The van der Waals surface area contributed by atoms with Gasteiger partial charge in [0.05, 0.1) is 43.5 Å². The van der Waals surface area contributed by atoms with E-state index in [9.17, 15) is 64.2 Å². The smallest absolute Gasteiger partial charge is 0.388 e. The van der Waals surface area contributed by atoms with E-state index in [0.29, 0.717) is 11.1 Å². The fourth-order valence-corrected chi connectivity index (χ4v) is 8.74. The number of nitro groups is 1. The molecule has 0 spiro atoms. The molecule has 0 amide bonds. The fourth-order valence-electron chi connectivity index (χ4n) is 6.65. The summed E-state index contributed by atoms with van der Waals surface area (Å²) in [6, 6.07) is 1.06. The number of benzene rings is 1. The molecule has 29 heteroatoms. The quantitative estimate of drug-likeness (QED) is 0.0355. The predicted molar refractivity (Wildman–Crippen MR) is 205 cm³/mol. The van der Waals surface area contributed by atoms with Crippen molar-refractivity contribution in [1.29, 1.82) is 0 Å².